The average molecular weight is 305 g/mol. The summed E-state index contributed by atoms with van der Waals surface area (Å²) in [6, 6.07) is 3.94. The van der Waals surface area contributed by atoms with E-state index in [1.807, 2.05) is 0 Å². The highest BCUT2D eigenvalue weighted by Crippen LogP contribution is 2.41. The number of nitrogens with zero attached hydrogens (tertiary/aromatic N) is 1. The van der Waals surface area contributed by atoms with Gasteiger partial charge in [0.05, 0.1) is 30.4 Å². The average Bonchev–Trinajstić information content (AvgIpc) is 2.36. The molecule has 1 N–H and O–H groups in total. The smallest absolute Gasteiger partial charge is 0.446 e. The summed E-state index contributed by atoms with van der Waals surface area (Å²) < 4.78 is 42.4. The van der Waals surface area contributed by atoms with Gasteiger partial charge in [-0.2, -0.15) is 18.4 Å². The van der Waals surface area contributed by atoms with Crippen molar-refractivity contribution in [1.29, 1.82) is 5.26 Å². The van der Waals surface area contributed by atoms with Gasteiger partial charge in [0.15, 0.2) is 0 Å². The SMILES string of the molecule is CCOC(=O)c1ccc(C#N)c(CO)c1SC(F)(F)F. The fourth-order valence-electron chi connectivity index (χ4n) is 1.49. The number of alkyl halides is 3. The number of ether oxygens (including phenoxy) is 1. The highest BCUT2D eigenvalue weighted by Gasteiger charge is 2.33. The maximum absolute atomic E-state index is 12.6. The normalized spacial score (nSPS) is 11.0. The number of thioether (sulfide) groups is 1. The van der Waals surface area contributed by atoms with Gasteiger partial charge in [-0.15, -0.1) is 0 Å². The van der Waals surface area contributed by atoms with Crippen LogP contribution >= 0.6 is 11.8 Å². The van der Waals surface area contributed by atoms with Gasteiger partial charge >= 0.3 is 11.5 Å². The lowest BCUT2D eigenvalue weighted by Crippen LogP contribution is -2.11. The van der Waals surface area contributed by atoms with Gasteiger partial charge in [0.2, 0.25) is 0 Å². The lowest BCUT2D eigenvalue weighted by molar-refractivity contribution is -0.0328. The number of hydrogen-bond acceptors (Lipinski definition) is 5. The van der Waals surface area contributed by atoms with Crippen molar-refractivity contribution in [1.82, 2.24) is 0 Å². The molecular formula is C12H10F3NO3S. The van der Waals surface area contributed by atoms with Crippen LogP contribution in [-0.2, 0) is 11.3 Å². The van der Waals surface area contributed by atoms with E-state index in [1.54, 1.807) is 6.07 Å². The van der Waals surface area contributed by atoms with Gasteiger partial charge in [-0.3, -0.25) is 0 Å². The van der Waals surface area contributed by atoms with Crippen LogP contribution in [0.2, 0.25) is 0 Å². The molecule has 0 saturated heterocycles. The van der Waals surface area contributed by atoms with Crippen LogP contribution in [0.5, 0.6) is 0 Å². The first-order chi connectivity index (χ1) is 9.34. The molecule has 0 aliphatic heterocycles. The molecule has 0 amide bonds. The molecule has 0 radical (unpaired) electrons. The molecule has 108 valence electrons. The Morgan fingerprint density at radius 3 is 2.60 bits per heavy atom. The van der Waals surface area contributed by atoms with E-state index in [-0.39, 0.29) is 23.3 Å². The second-order valence-electron chi connectivity index (χ2n) is 3.51. The molecular weight excluding hydrogens is 295 g/mol. The quantitative estimate of drug-likeness (QED) is 0.684. The third kappa shape index (κ3) is 3.88. The van der Waals surface area contributed by atoms with Crippen LogP contribution in [0.4, 0.5) is 13.2 Å². The number of carbonyl (C=O) groups excluding carboxylic acids is 1. The number of carbonyl (C=O) groups is 1. The molecule has 8 heteroatoms. The van der Waals surface area contributed by atoms with E-state index in [0.29, 0.717) is 0 Å². The Kier molecular flexibility index (Phi) is 5.42. The molecule has 20 heavy (non-hydrogen) atoms. The van der Waals surface area contributed by atoms with Gasteiger partial charge in [0.25, 0.3) is 0 Å². The predicted molar refractivity (Wildman–Crippen MR) is 64.9 cm³/mol. The number of nitriles is 1. The summed E-state index contributed by atoms with van der Waals surface area (Å²) in [4.78, 5) is 11.1. The molecule has 0 fully saturated rings. The first kappa shape index (κ1) is 16.3. The monoisotopic (exact) mass is 305 g/mol. The van der Waals surface area contributed by atoms with Gasteiger partial charge in [-0.25, -0.2) is 4.79 Å². The summed E-state index contributed by atoms with van der Waals surface area (Å²) in [6.45, 7) is 0.739. The van der Waals surface area contributed by atoms with Crippen molar-refractivity contribution in [3.05, 3.63) is 28.8 Å². The fourth-order valence-corrected chi connectivity index (χ4v) is 2.28. The molecule has 0 atom stereocenters. The Hall–Kier alpha value is -1.72. The third-order valence-corrected chi connectivity index (χ3v) is 3.15. The Bertz CT molecular complexity index is 552. The zero-order chi connectivity index (χ0) is 15.3. The molecule has 0 aliphatic rings. The molecule has 0 spiro atoms. The molecule has 1 aromatic rings. The van der Waals surface area contributed by atoms with E-state index in [9.17, 15) is 23.1 Å². The maximum Gasteiger partial charge on any atom is 0.446 e. The Labute approximate surface area is 117 Å². The zero-order valence-electron chi connectivity index (χ0n) is 10.3. The third-order valence-electron chi connectivity index (χ3n) is 2.25. The van der Waals surface area contributed by atoms with Crippen molar-refractivity contribution < 1.29 is 27.8 Å². The summed E-state index contributed by atoms with van der Waals surface area (Å²) in [5.74, 6) is -0.932. The van der Waals surface area contributed by atoms with Crippen molar-refractivity contribution in [2.75, 3.05) is 6.61 Å². The lowest BCUT2D eigenvalue weighted by atomic mass is 10.0. The standard InChI is InChI=1S/C12H10F3NO3S/c1-2-19-11(18)8-4-3-7(5-16)9(6-17)10(8)20-12(13,14)15/h3-4,17H,2,6H2,1H3. The van der Waals surface area contributed by atoms with Crippen molar-refractivity contribution in [2.45, 2.75) is 23.9 Å². The highest BCUT2D eigenvalue weighted by molar-refractivity contribution is 8.00. The minimum absolute atomic E-state index is 0.00339. The second kappa shape index (κ2) is 6.63. The zero-order valence-corrected chi connectivity index (χ0v) is 11.1. The molecule has 0 aliphatic carbocycles. The molecule has 1 aromatic carbocycles. The van der Waals surface area contributed by atoms with Crippen LogP contribution in [0, 0.1) is 11.3 Å². The number of aliphatic hydroxyl groups excluding tert-OH is 1. The summed E-state index contributed by atoms with van der Waals surface area (Å²) in [5.41, 5.74) is -5.33. The number of benzene rings is 1. The van der Waals surface area contributed by atoms with Gasteiger partial charge in [0, 0.05) is 10.5 Å². The molecule has 0 saturated carbocycles. The lowest BCUT2D eigenvalue weighted by Gasteiger charge is -2.15. The summed E-state index contributed by atoms with van der Waals surface area (Å²) in [6.07, 6.45) is 0. The van der Waals surface area contributed by atoms with Crippen molar-refractivity contribution in [3.63, 3.8) is 0 Å². The minimum Gasteiger partial charge on any atom is -0.462 e. The van der Waals surface area contributed by atoms with Crippen LogP contribution in [0.25, 0.3) is 0 Å². The number of hydrogen-bond donors (Lipinski definition) is 1. The Morgan fingerprint density at radius 2 is 2.15 bits per heavy atom. The molecule has 1 rings (SSSR count). The fraction of sp³-hybridized carbons (Fsp3) is 0.333. The van der Waals surface area contributed by atoms with Gasteiger partial charge < -0.3 is 9.84 Å². The van der Waals surface area contributed by atoms with Crippen molar-refractivity contribution >= 4 is 17.7 Å². The summed E-state index contributed by atoms with van der Waals surface area (Å²) >= 11 is -0.550. The maximum atomic E-state index is 12.6. The predicted octanol–water partition coefficient (Wildman–Crippen LogP) is 2.84. The summed E-state index contributed by atoms with van der Waals surface area (Å²) in [5, 5.41) is 18.0. The van der Waals surface area contributed by atoms with E-state index in [4.69, 9.17) is 5.26 Å². The van der Waals surface area contributed by atoms with E-state index < -0.39 is 34.7 Å². The highest BCUT2D eigenvalue weighted by atomic mass is 32.2. The van der Waals surface area contributed by atoms with Crippen LogP contribution in [0.1, 0.15) is 28.4 Å². The first-order valence-corrected chi connectivity index (χ1v) is 6.25. The largest absolute Gasteiger partial charge is 0.462 e. The molecule has 0 bridgehead atoms. The van der Waals surface area contributed by atoms with Crippen molar-refractivity contribution in [3.8, 4) is 6.07 Å². The Balaban J connectivity index is 3.44. The second-order valence-corrected chi connectivity index (χ2v) is 4.58. The van der Waals surface area contributed by atoms with Gasteiger partial charge in [0.1, 0.15) is 0 Å². The van der Waals surface area contributed by atoms with Crippen molar-refractivity contribution in [2.24, 2.45) is 0 Å². The van der Waals surface area contributed by atoms with E-state index >= 15 is 0 Å². The number of halogens is 3. The van der Waals surface area contributed by atoms with E-state index in [2.05, 4.69) is 4.74 Å². The summed E-state index contributed by atoms with van der Waals surface area (Å²) in [7, 11) is 0. The van der Waals surface area contributed by atoms with Gasteiger partial charge in [-0.1, -0.05) is 0 Å². The van der Waals surface area contributed by atoms with Crippen LogP contribution < -0.4 is 0 Å². The first-order valence-electron chi connectivity index (χ1n) is 5.43. The van der Waals surface area contributed by atoms with E-state index in [0.717, 1.165) is 6.07 Å². The molecule has 0 heterocycles. The van der Waals surface area contributed by atoms with Gasteiger partial charge in [-0.05, 0) is 30.8 Å². The molecule has 4 nitrogen and oxygen atoms in total. The molecule has 0 unspecified atom stereocenters. The number of rotatable bonds is 4. The Morgan fingerprint density at radius 1 is 1.50 bits per heavy atom. The topological polar surface area (TPSA) is 70.3 Å². The van der Waals surface area contributed by atoms with Crippen LogP contribution in [0.3, 0.4) is 0 Å². The number of esters is 1. The molecule has 0 aromatic heterocycles. The van der Waals surface area contributed by atoms with E-state index in [1.165, 1.54) is 13.0 Å². The van der Waals surface area contributed by atoms with Crippen LogP contribution in [-0.4, -0.2) is 23.2 Å². The van der Waals surface area contributed by atoms with Crippen LogP contribution in [0.15, 0.2) is 17.0 Å². The minimum atomic E-state index is -4.65. The number of aliphatic hydroxyl groups is 1.